The number of hydrogen-bond acceptors (Lipinski definition) is 9. The first-order valence-electron chi connectivity index (χ1n) is 10.1. The van der Waals surface area contributed by atoms with Gasteiger partial charge in [-0.15, -0.1) is 11.3 Å². The van der Waals surface area contributed by atoms with Crippen LogP contribution in [0.15, 0.2) is 34.3 Å². The number of carbonyl (C=O) groups is 1. The molecule has 3 aromatic heterocycles. The Balaban J connectivity index is 1.41. The van der Waals surface area contributed by atoms with Crippen molar-refractivity contribution in [2.75, 3.05) is 25.0 Å². The molecule has 1 saturated heterocycles. The van der Waals surface area contributed by atoms with Gasteiger partial charge < -0.3 is 15.1 Å². The summed E-state index contributed by atoms with van der Waals surface area (Å²) in [5.74, 6) is 2.01. The first-order chi connectivity index (χ1) is 15.1. The molecule has 0 bridgehead atoms. The van der Waals surface area contributed by atoms with Gasteiger partial charge in [0.2, 0.25) is 0 Å². The number of piperidine rings is 1. The van der Waals surface area contributed by atoms with Crippen LogP contribution in [0.1, 0.15) is 46.5 Å². The summed E-state index contributed by atoms with van der Waals surface area (Å²) >= 11 is 1.34. The van der Waals surface area contributed by atoms with E-state index in [1.54, 1.807) is 23.8 Å². The number of amides is 1. The van der Waals surface area contributed by atoms with Crippen molar-refractivity contribution < 1.29 is 9.21 Å². The zero-order chi connectivity index (χ0) is 21.6. The van der Waals surface area contributed by atoms with Gasteiger partial charge >= 0.3 is 0 Å². The Morgan fingerprint density at radius 2 is 2.32 bits per heavy atom. The first kappa shape index (κ1) is 21.0. The summed E-state index contributed by atoms with van der Waals surface area (Å²) in [6.45, 7) is 4.38. The van der Waals surface area contributed by atoms with Crippen LogP contribution < -0.4 is 10.6 Å². The van der Waals surface area contributed by atoms with Crippen LogP contribution in [-0.4, -0.2) is 45.4 Å². The molecule has 0 spiro atoms. The maximum absolute atomic E-state index is 12.3. The molecule has 160 valence electrons. The average Bonchev–Trinajstić information content (AvgIpc) is 3.44. The second-order valence-corrected chi connectivity index (χ2v) is 8.24. The SMILES string of the molecule is Cc1nc(Nc2nc(C(=O)NCc3ccco3)cs2)cc([C@H]2CCCN(CC#N)C2)n1. The van der Waals surface area contributed by atoms with Crippen LogP contribution in [-0.2, 0) is 6.54 Å². The second-order valence-electron chi connectivity index (χ2n) is 7.38. The van der Waals surface area contributed by atoms with Crippen molar-refractivity contribution in [2.45, 2.75) is 32.2 Å². The highest BCUT2D eigenvalue weighted by Gasteiger charge is 2.23. The van der Waals surface area contributed by atoms with E-state index < -0.39 is 0 Å². The van der Waals surface area contributed by atoms with Crippen molar-refractivity contribution in [1.29, 1.82) is 5.26 Å². The minimum atomic E-state index is -0.264. The number of aromatic nitrogens is 3. The lowest BCUT2D eigenvalue weighted by Gasteiger charge is -2.30. The van der Waals surface area contributed by atoms with Crippen LogP contribution in [0.2, 0.25) is 0 Å². The van der Waals surface area contributed by atoms with E-state index in [0.717, 1.165) is 31.6 Å². The Bertz CT molecular complexity index is 1070. The van der Waals surface area contributed by atoms with Crippen LogP contribution >= 0.6 is 11.3 Å². The van der Waals surface area contributed by atoms with Crippen molar-refractivity contribution in [3.63, 3.8) is 0 Å². The van der Waals surface area contributed by atoms with E-state index in [1.807, 2.05) is 13.0 Å². The maximum atomic E-state index is 12.3. The summed E-state index contributed by atoms with van der Waals surface area (Å²) < 4.78 is 5.22. The smallest absolute Gasteiger partial charge is 0.271 e. The molecule has 1 aliphatic rings. The molecule has 1 amide bonds. The molecule has 9 nitrogen and oxygen atoms in total. The van der Waals surface area contributed by atoms with Gasteiger partial charge in [0, 0.05) is 23.9 Å². The van der Waals surface area contributed by atoms with Gasteiger partial charge in [-0.05, 0) is 38.4 Å². The van der Waals surface area contributed by atoms with E-state index in [2.05, 4.69) is 36.6 Å². The van der Waals surface area contributed by atoms with Gasteiger partial charge in [-0.3, -0.25) is 9.69 Å². The highest BCUT2D eigenvalue weighted by Crippen LogP contribution is 2.28. The summed E-state index contributed by atoms with van der Waals surface area (Å²) in [7, 11) is 0. The molecule has 4 rings (SSSR count). The van der Waals surface area contributed by atoms with Gasteiger partial charge in [0.1, 0.15) is 23.1 Å². The molecule has 1 atom stereocenters. The van der Waals surface area contributed by atoms with Gasteiger partial charge in [-0.1, -0.05) is 0 Å². The molecular weight excluding hydrogens is 414 g/mol. The van der Waals surface area contributed by atoms with Crippen molar-refractivity contribution in [1.82, 2.24) is 25.2 Å². The van der Waals surface area contributed by atoms with Crippen LogP contribution in [0.3, 0.4) is 0 Å². The molecule has 4 heterocycles. The number of nitrogens with one attached hydrogen (secondary N) is 2. The number of carbonyl (C=O) groups excluding carboxylic acids is 1. The zero-order valence-corrected chi connectivity index (χ0v) is 18.0. The Labute approximate surface area is 184 Å². The fraction of sp³-hybridized carbons (Fsp3) is 0.381. The zero-order valence-electron chi connectivity index (χ0n) is 17.2. The fourth-order valence-electron chi connectivity index (χ4n) is 3.62. The number of furan rings is 1. The third-order valence-electron chi connectivity index (χ3n) is 5.05. The summed E-state index contributed by atoms with van der Waals surface area (Å²) in [4.78, 5) is 27.9. The molecule has 2 N–H and O–H groups in total. The van der Waals surface area contributed by atoms with Gasteiger partial charge in [-0.25, -0.2) is 15.0 Å². The molecule has 10 heteroatoms. The number of nitrogens with zero attached hydrogens (tertiary/aromatic N) is 5. The lowest BCUT2D eigenvalue weighted by Crippen LogP contribution is -2.35. The Morgan fingerprint density at radius 3 is 3.13 bits per heavy atom. The van der Waals surface area contributed by atoms with Gasteiger partial charge in [0.25, 0.3) is 5.91 Å². The highest BCUT2D eigenvalue weighted by atomic mass is 32.1. The molecule has 31 heavy (non-hydrogen) atoms. The molecular formula is C21H23N7O2S. The van der Waals surface area contributed by atoms with Crippen LogP contribution in [0, 0.1) is 18.3 Å². The lowest BCUT2D eigenvalue weighted by molar-refractivity contribution is 0.0944. The Kier molecular flexibility index (Phi) is 6.54. The molecule has 0 radical (unpaired) electrons. The predicted octanol–water partition coefficient (Wildman–Crippen LogP) is 3.21. The second kappa shape index (κ2) is 9.68. The molecule has 0 aliphatic carbocycles. The Morgan fingerprint density at radius 1 is 1.42 bits per heavy atom. The van der Waals surface area contributed by atoms with Crippen LogP contribution in [0.4, 0.5) is 10.9 Å². The third kappa shape index (κ3) is 5.45. The molecule has 1 fully saturated rings. The lowest BCUT2D eigenvalue weighted by atomic mass is 9.94. The minimum absolute atomic E-state index is 0.264. The largest absolute Gasteiger partial charge is 0.467 e. The van der Waals surface area contributed by atoms with E-state index in [0.29, 0.717) is 41.3 Å². The average molecular weight is 438 g/mol. The van der Waals surface area contributed by atoms with E-state index in [1.165, 1.54) is 11.3 Å². The highest BCUT2D eigenvalue weighted by molar-refractivity contribution is 7.14. The fourth-order valence-corrected chi connectivity index (χ4v) is 4.32. The predicted molar refractivity (Wildman–Crippen MR) is 116 cm³/mol. The molecule has 3 aromatic rings. The third-order valence-corrected chi connectivity index (χ3v) is 5.81. The van der Waals surface area contributed by atoms with Crippen molar-refractivity contribution in [3.8, 4) is 6.07 Å². The number of aryl methyl sites for hydroxylation is 1. The van der Waals surface area contributed by atoms with Crippen molar-refractivity contribution >= 4 is 28.2 Å². The van der Waals surface area contributed by atoms with E-state index >= 15 is 0 Å². The van der Waals surface area contributed by atoms with E-state index in [9.17, 15) is 4.79 Å². The molecule has 1 aliphatic heterocycles. The minimum Gasteiger partial charge on any atom is -0.467 e. The molecule has 0 aromatic carbocycles. The summed E-state index contributed by atoms with van der Waals surface area (Å²) in [5, 5.41) is 17.3. The standard InChI is InChI=1S/C21H23N7O2S/c1-14-24-17(15-4-2-7-28(12-15)8-6-22)10-19(25-14)27-21-26-18(13-31-21)20(29)23-11-16-5-3-9-30-16/h3,5,9-10,13,15H,2,4,7-8,11-12H2,1H3,(H,23,29)(H,24,25,26,27)/t15-/m0/s1. The maximum Gasteiger partial charge on any atom is 0.271 e. The van der Waals surface area contributed by atoms with Gasteiger partial charge in [0.05, 0.1) is 31.1 Å². The van der Waals surface area contributed by atoms with Crippen molar-refractivity contribution in [3.05, 3.63) is 52.8 Å². The topological polar surface area (TPSA) is 120 Å². The van der Waals surface area contributed by atoms with Crippen LogP contribution in [0.25, 0.3) is 0 Å². The monoisotopic (exact) mass is 437 g/mol. The molecule has 0 saturated carbocycles. The summed E-state index contributed by atoms with van der Waals surface area (Å²) in [5.41, 5.74) is 1.30. The number of thiazole rings is 1. The van der Waals surface area contributed by atoms with Gasteiger partial charge in [0.15, 0.2) is 5.13 Å². The number of likely N-dealkylation sites (tertiary alicyclic amines) is 1. The first-order valence-corrected chi connectivity index (χ1v) is 11.0. The van der Waals surface area contributed by atoms with Crippen LogP contribution in [0.5, 0.6) is 0 Å². The summed E-state index contributed by atoms with van der Waals surface area (Å²) in [6.07, 6.45) is 3.65. The normalized spacial score (nSPS) is 16.6. The van der Waals surface area contributed by atoms with E-state index in [4.69, 9.17) is 9.68 Å². The number of hydrogen-bond donors (Lipinski definition) is 2. The molecule has 0 unspecified atom stereocenters. The van der Waals surface area contributed by atoms with E-state index in [-0.39, 0.29) is 11.8 Å². The van der Waals surface area contributed by atoms with Gasteiger partial charge in [-0.2, -0.15) is 5.26 Å². The summed E-state index contributed by atoms with van der Waals surface area (Å²) in [6, 6.07) is 7.74. The number of rotatable bonds is 7. The number of anilines is 2. The van der Waals surface area contributed by atoms with Crippen molar-refractivity contribution in [2.24, 2.45) is 0 Å². The Hall–Kier alpha value is -3.29. The number of nitriles is 1. The quantitative estimate of drug-likeness (QED) is 0.541.